The lowest BCUT2D eigenvalue weighted by molar-refractivity contribution is 0.304. The molecule has 0 aromatic heterocycles. The molecule has 1 atom stereocenters. The second-order valence-electron chi connectivity index (χ2n) is 6.04. The van der Waals surface area contributed by atoms with Crippen LogP contribution in [-0.4, -0.2) is 19.1 Å². The van der Waals surface area contributed by atoms with Gasteiger partial charge in [-0.05, 0) is 29.9 Å². The maximum Gasteiger partial charge on any atom is 0.0460 e. The lowest BCUT2D eigenvalue weighted by atomic mass is 9.84. The monoisotopic (exact) mass is 232 g/mol. The number of aryl methyl sites for hydroxylation is 1. The number of para-hydroxylation sites is 1. The highest BCUT2D eigenvalue weighted by atomic mass is 15.2. The van der Waals surface area contributed by atoms with Gasteiger partial charge >= 0.3 is 0 Å². The molecule has 0 bridgehead atoms. The Morgan fingerprint density at radius 1 is 1.29 bits per heavy atom. The first-order valence-electron chi connectivity index (χ1n) is 6.58. The summed E-state index contributed by atoms with van der Waals surface area (Å²) < 4.78 is 0. The molecule has 1 aromatic rings. The van der Waals surface area contributed by atoms with E-state index in [0.29, 0.717) is 6.04 Å². The molecule has 0 aliphatic carbocycles. The van der Waals surface area contributed by atoms with Crippen molar-refractivity contribution in [2.24, 2.45) is 11.1 Å². The van der Waals surface area contributed by atoms with E-state index in [1.807, 2.05) is 0 Å². The fraction of sp³-hybridized carbons (Fsp3) is 0.600. The van der Waals surface area contributed by atoms with Crippen LogP contribution in [0.25, 0.3) is 0 Å². The molecule has 0 saturated heterocycles. The van der Waals surface area contributed by atoms with Gasteiger partial charge in [0.1, 0.15) is 0 Å². The van der Waals surface area contributed by atoms with Crippen LogP contribution >= 0.6 is 0 Å². The minimum atomic E-state index is 0.221. The van der Waals surface area contributed by atoms with Crippen LogP contribution in [0.2, 0.25) is 0 Å². The van der Waals surface area contributed by atoms with Crippen molar-refractivity contribution in [3.63, 3.8) is 0 Å². The predicted molar refractivity (Wildman–Crippen MR) is 74.4 cm³/mol. The fourth-order valence-corrected chi connectivity index (χ4v) is 2.83. The summed E-state index contributed by atoms with van der Waals surface area (Å²) in [4.78, 5) is 2.51. The van der Waals surface area contributed by atoms with Gasteiger partial charge in [0.15, 0.2) is 0 Å². The van der Waals surface area contributed by atoms with Gasteiger partial charge in [0, 0.05) is 24.8 Å². The standard InChI is InChI=1S/C15H24N2/c1-15(2,3)14(11-16)17-10-6-8-12-7-4-5-9-13(12)17/h4-5,7,9,14H,6,8,10-11,16H2,1-3H3. The van der Waals surface area contributed by atoms with Crippen LogP contribution in [0.15, 0.2) is 24.3 Å². The number of benzene rings is 1. The van der Waals surface area contributed by atoms with Crippen LogP contribution in [-0.2, 0) is 6.42 Å². The van der Waals surface area contributed by atoms with Gasteiger partial charge in [-0.15, -0.1) is 0 Å². The Hall–Kier alpha value is -1.02. The molecule has 17 heavy (non-hydrogen) atoms. The van der Waals surface area contributed by atoms with Crippen LogP contribution in [0.3, 0.4) is 0 Å². The highest BCUT2D eigenvalue weighted by molar-refractivity contribution is 5.56. The number of rotatable bonds is 2. The summed E-state index contributed by atoms with van der Waals surface area (Å²) in [6.07, 6.45) is 2.44. The quantitative estimate of drug-likeness (QED) is 0.849. The third kappa shape index (κ3) is 2.47. The lowest BCUT2D eigenvalue weighted by Gasteiger charge is -2.44. The summed E-state index contributed by atoms with van der Waals surface area (Å²) in [5.74, 6) is 0. The Bertz CT molecular complexity index is 379. The third-order valence-electron chi connectivity index (χ3n) is 3.75. The number of hydrogen-bond acceptors (Lipinski definition) is 2. The van der Waals surface area contributed by atoms with E-state index in [1.54, 1.807) is 0 Å². The first kappa shape index (κ1) is 12.4. The Balaban J connectivity index is 2.34. The van der Waals surface area contributed by atoms with E-state index >= 15 is 0 Å². The van der Waals surface area contributed by atoms with Crippen molar-refractivity contribution in [3.05, 3.63) is 29.8 Å². The highest BCUT2D eigenvalue weighted by Crippen LogP contribution is 2.33. The molecule has 0 amide bonds. The normalized spacial score (nSPS) is 17.8. The zero-order valence-corrected chi connectivity index (χ0v) is 11.2. The number of anilines is 1. The molecule has 1 heterocycles. The molecule has 94 valence electrons. The summed E-state index contributed by atoms with van der Waals surface area (Å²) in [5.41, 5.74) is 9.09. The molecule has 2 rings (SSSR count). The molecule has 0 fully saturated rings. The topological polar surface area (TPSA) is 29.3 Å². The van der Waals surface area contributed by atoms with Crippen molar-refractivity contribution in [3.8, 4) is 0 Å². The molecule has 2 N–H and O–H groups in total. The zero-order chi connectivity index (χ0) is 12.5. The first-order valence-corrected chi connectivity index (χ1v) is 6.58. The average Bonchev–Trinajstić information content (AvgIpc) is 2.28. The van der Waals surface area contributed by atoms with Gasteiger partial charge in [-0.1, -0.05) is 39.0 Å². The van der Waals surface area contributed by atoms with Crippen molar-refractivity contribution < 1.29 is 0 Å². The number of hydrogen-bond donors (Lipinski definition) is 1. The van der Waals surface area contributed by atoms with Gasteiger partial charge in [0.25, 0.3) is 0 Å². The largest absolute Gasteiger partial charge is 0.367 e. The molecule has 2 nitrogen and oxygen atoms in total. The molecule has 2 heteroatoms. The van der Waals surface area contributed by atoms with Gasteiger partial charge in [-0.25, -0.2) is 0 Å². The van der Waals surface area contributed by atoms with Gasteiger partial charge in [-0.3, -0.25) is 0 Å². The number of nitrogens with two attached hydrogens (primary N) is 1. The van der Waals surface area contributed by atoms with Crippen molar-refractivity contribution in [1.29, 1.82) is 0 Å². The van der Waals surface area contributed by atoms with E-state index in [0.717, 1.165) is 13.1 Å². The summed E-state index contributed by atoms with van der Waals surface area (Å²) in [6, 6.07) is 9.18. The van der Waals surface area contributed by atoms with Crippen molar-refractivity contribution >= 4 is 5.69 Å². The first-order chi connectivity index (χ1) is 8.04. The van der Waals surface area contributed by atoms with Crippen molar-refractivity contribution in [2.45, 2.75) is 39.7 Å². The fourth-order valence-electron chi connectivity index (χ4n) is 2.83. The summed E-state index contributed by atoms with van der Waals surface area (Å²) in [6.45, 7) is 8.69. The van der Waals surface area contributed by atoms with E-state index < -0.39 is 0 Å². The average molecular weight is 232 g/mol. The maximum atomic E-state index is 6.01. The molecular weight excluding hydrogens is 208 g/mol. The smallest absolute Gasteiger partial charge is 0.0460 e. The molecule has 1 unspecified atom stereocenters. The molecule has 1 aromatic carbocycles. The maximum absolute atomic E-state index is 6.01. The molecule has 0 radical (unpaired) electrons. The zero-order valence-electron chi connectivity index (χ0n) is 11.2. The van der Waals surface area contributed by atoms with E-state index in [1.165, 1.54) is 24.1 Å². The second kappa shape index (κ2) is 4.69. The SMILES string of the molecule is CC(C)(C)C(CN)N1CCCc2ccccc21. The molecule has 1 aliphatic heterocycles. The lowest BCUT2D eigenvalue weighted by Crippen LogP contribution is -2.50. The van der Waals surface area contributed by atoms with Crippen molar-refractivity contribution in [1.82, 2.24) is 0 Å². The Kier molecular flexibility index (Phi) is 3.43. The summed E-state index contributed by atoms with van der Waals surface area (Å²) in [5, 5.41) is 0. The number of fused-ring (bicyclic) bond motifs is 1. The van der Waals surface area contributed by atoms with E-state index in [2.05, 4.69) is 49.9 Å². The van der Waals surface area contributed by atoms with Crippen LogP contribution < -0.4 is 10.6 Å². The Morgan fingerprint density at radius 2 is 2.00 bits per heavy atom. The van der Waals surface area contributed by atoms with Crippen LogP contribution in [0, 0.1) is 5.41 Å². The van der Waals surface area contributed by atoms with Gasteiger partial charge in [-0.2, -0.15) is 0 Å². The Labute approximate surface area is 105 Å². The Morgan fingerprint density at radius 3 is 2.65 bits per heavy atom. The van der Waals surface area contributed by atoms with Crippen LogP contribution in [0.5, 0.6) is 0 Å². The van der Waals surface area contributed by atoms with Gasteiger partial charge < -0.3 is 10.6 Å². The van der Waals surface area contributed by atoms with E-state index in [4.69, 9.17) is 5.73 Å². The van der Waals surface area contributed by atoms with E-state index in [-0.39, 0.29) is 5.41 Å². The summed E-state index contributed by atoms with van der Waals surface area (Å²) >= 11 is 0. The second-order valence-corrected chi connectivity index (χ2v) is 6.04. The molecule has 1 aliphatic rings. The minimum Gasteiger partial charge on any atom is -0.367 e. The van der Waals surface area contributed by atoms with Crippen LogP contribution in [0.1, 0.15) is 32.8 Å². The van der Waals surface area contributed by atoms with Crippen molar-refractivity contribution in [2.75, 3.05) is 18.0 Å². The van der Waals surface area contributed by atoms with Gasteiger partial charge in [0.2, 0.25) is 0 Å². The third-order valence-corrected chi connectivity index (χ3v) is 3.75. The highest BCUT2D eigenvalue weighted by Gasteiger charge is 2.31. The van der Waals surface area contributed by atoms with Crippen LogP contribution in [0.4, 0.5) is 5.69 Å². The number of nitrogens with zero attached hydrogens (tertiary/aromatic N) is 1. The van der Waals surface area contributed by atoms with E-state index in [9.17, 15) is 0 Å². The minimum absolute atomic E-state index is 0.221. The molecule has 0 spiro atoms. The summed E-state index contributed by atoms with van der Waals surface area (Å²) in [7, 11) is 0. The molecule has 0 saturated carbocycles. The molecular formula is C15H24N2. The predicted octanol–water partition coefficient (Wildman–Crippen LogP) is 2.81. The van der Waals surface area contributed by atoms with Gasteiger partial charge in [0.05, 0.1) is 0 Å².